The molecule has 0 aliphatic heterocycles. The molecule has 118 valence electrons. The first-order valence-corrected chi connectivity index (χ1v) is 10.2. The minimum absolute atomic E-state index is 0.367. The van der Waals surface area contributed by atoms with Crippen LogP contribution in [0, 0.1) is 10.8 Å². The van der Waals surface area contributed by atoms with E-state index in [-0.39, 0.29) is 0 Å². The van der Waals surface area contributed by atoms with Crippen molar-refractivity contribution in [3.8, 4) is 0 Å². The SMILES string of the molecule is CC1(C)CCCCC1(P)C(P)C1(P)CCCCC1(C)C. The molecule has 2 aliphatic carbocycles. The minimum atomic E-state index is 0.367. The van der Waals surface area contributed by atoms with Crippen molar-refractivity contribution in [1.82, 2.24) is 0 Å². The normalized spacial score (nSPS) is 42.1. The van der Waals surface area contributed by atoms with Gasteiger partial charge in [-0.25, -0.2) is 0 Å². The van der Waals surface area contributed by atoms with Gasteiger partial charge < -0.3 is 0 Å². The van der Waals surface area contributed by atoms with Crippen molar-refractivity contribution in [3.63, 3.8) is 0 Å². The van der Waals surface area contributed by atoms with E-state index in [0.29, 0.717) is 26.8 Å². The summed E-state index contributed by atoms with van der Waals surface area (Å²) in [4.78, 5) is 0. The summed E-state index contributed by atoms with van der Waals surface area (Å²) in [5, 5.41) is 0.735. The van der Waals surface area contributed by atoms with Gasteiger partial charge in [0.1, 0.15) is 0 Å². The van der Waals surface area contributed by atoms with Gasteiger partial charge in [0.2, 0.25) is 0 Å². The molecule has 0 nitrogen and oxygen atoms in total. The Labute approximate surface area is 134 Å². The third-order valence-electron chi connectivity index (χ3n) is 6.91. The molecule has 0 heterocycles. The van der Waals surface area contributed by atoms with Gasteiger partial charge in [-0.3, -0.25) is 0 Å². The molecule has 5 unspecified atom stereocenters. The molecule has 0 amide bonds. The van der Waals surface area contributed by atoms with Gasteiger partial charge in [-0.1, -0.05) is 53.4 Å². The largest absolute Gasteiger partial charge is 0.133 e. The lowest BCUT2D eigenvalue weighted by Crippen LogP contribution is -2.60. The lowest BCUT2D eigenvalue weighted by molar-refractivity contribution is 0.0987. The van der Waals surface area contributed by atoms with Crippen LogP contribution in [-0.2, 0) is 0 Å². The van der Waals surface area contributed by atoms with E-state index in [1.165, 1.54) is 51.4 Å². The highest BCUT2D eigenvalue weighted by Crippen LogP contribution is 2.63. The van der Waals surface area contributed by atoms with Crippen LogP contribution in [0.4, 0.5) is 0 Å². The van der Waals surface area contributed by atoms with Crippen molar-refractivity contribution >= 4 is 27.7 Å². The van der Waals surface area contributed by atoms with E-state index in [2.05, 4.69) is 55.4 Å². The molecule has 0 spiro atoms. The molecule has 0 N–H and O–H groups in total. The van der Waals surface area contributed by atoms with Crippen LogP contribution in [0.1, 0.15) is 79.1 Å². The Morgan fingerprint density at radius 3 is 1.25 bits per heavy atom. The number of rotatable bonds is 2. The topological polar surface area (TPSA) is 0 Å². The highest BCUT2D eigenvalue weighted by Gasteiger charge is 2.57. The van der Waals surface area contributed by atoms with Crippen LogP contribution in [-0.4, -0.2) is 16.0 Å². The van der Waals surface area contributed by atoms with Gasteiger partial charge in [-0.05, 0) is 52.5 Å². The summed E-state index contributed by atoms with van der Waals surface area (Å²) in [7, 11) is 9.96. The maximum Gasteiger partial charge on any atom is -0.00281 e. The maximum atomic E-state index is 3.33. The zero-order chi connectivity index (χ0) is 15.2. The summed E-state index contributed by atoms with van der Waals surface area (Å²) in [6.45, 7) is 10.0. The van der Waals surface area contributed by atoms with Crippen molar-refractivity contribution in [2.24, 2.45) is 10.8 Å². The third kappa shape index (κ3) is 2.66. The van der Waals surface area contributed by atoms with Gasteiger partial charge in [0, 0.05) is 0 Å². The fourth-order valence-corrected chi connectivity index (χ4v) is 7.44. The quantitative estimate of drug-likeness (QED) is 0.573. The average Bonchev–Trinajstić information content (AvgIpc) is 2.35. The monoisotopic (exact) mass is 332 g/mol. The van der Waals surface area contributed by atoms with Crippen LogP contribution in [0.3, 0.4) is 0 Å². The van der Waals surface area contributed by atoms with E-state index in [9.17, 15) is 0 Å². The fraction of sp³-hybridized carbons (Fsp3) is 1.00. The van der Waals surface area contributed by atoms with Gasteiger partial charge in [0.05, 0.1) is 0 Å². The molecule has 2 aliphatic rings. The molecular weight excluding hydrogens is 297 g/mol. The van der Waals surface area contributed by atoms with Crippen LogP contribution >= 0.6 is 27.7 Å². The predicted molar refractivity (Wildman–Crippen MR) is 103 cm³/mol. The Balaban J connectivity index is 2.35. The molecule has 2 fully saturated rings. The van der Waals surface area contributed by atoms with Crippen LogP contribution in [0.2, 0.25) is 0 Å². The lowest BCUT2D eigenvalue weighted by Gasteiger charge is -2.61. The highest BCUT2D eigenvalue weighted by molar-refractivity contribution is 7.27. The van der Waals surface area contributed by atoms with Crippen molar-refractivity contribution in [2.45, 2.75) is 95.0 Å². The van der Waals surface area contributed by atoms with Gasteiger partial charge in [0.15, 0.2) is 0 Å². The first-order valence-electron chi connectivity index (χ1n) is 8.40. The Kier molecular flexibility index (Phi) is 5.06. The van der Waals surface area contributed by atoms with Crippen LogP contribution < -0.4 is 0 Å². The fourth-order valence-electron chi connectivity index (χ4n) is 4.72. The van der Waals surface area contributed by atoms with E-state index < -0.39 is 0 Å². The summed E-state index contributed by atoms with van der Waals surface area (Å²) in [6.07, 6.45) is 11.1. The second-order valence-corrected chi connectivity index (χ2v) is 11.5. The number of hydrogen-bond acceptors (Lipinski definition) is 0. The molecule has 0 aromatic heterocycles. The highest BCUT2D eigenvalue weighted by atomic mass is 31.0. The van der Waals surface area contributed by atoms with Crippen molar-refractivity contribution in [1.29, 1.82) is 0 Å². The molecule has 3 heteroatoms. The van der Waals surface area contributed by atoms with Gasteiger partial charge in [0.25, 0.3) is 0 Å². The predicted octanol–water partition coefficient (Wildman–Crippen LogP) is 5.66. The first kappa shape index (κ1) is 17.6. The molecule has 20 heavy (non-hydrogen) atoms. The van der Waals surface area contributed by atoms with E-state index in [4.69, 9.17) is 0 Å². The van der Waals surface area contributed by atoms with E-state index in [1.807, 2.05) is 0 Å². The Bertz CT molecular complexity index is 329. The summed E-state index contributed by atoms with van der Waals surface area (Å²) in [5.74, 6) is 0. The Morgan fingerprint density at radius 1 is 0.650 bits per heavy atom. The van der Waals surface area contributed by atoms with E-state index >= 15 is 0 Å². The zero-order valence-corrected chi connectivity index (χ0v) is 17.4. The molecule has 0 radical (unpaired) electrons. The van der Waals surface area contributed by atoms with Gasteiger partial charge in [-0.15, -0.1) is 27.7 Å². The summed E-state index contributed by atoms with van der Waals surface area (Å²) < 4.78 is 0. The van der Waals surface area contributed by atoms with E-state index in [0.717, 1.165) is 0 Å². The minimum Gasteiger partial charge on any atom is -0.133 e. The smallest absolute Gasteiger partial charge is 0.00281 e. The Morgan fingerprint density at radius 2 is 0.950 bits per heavy atom. The molecule has 0 aromatic carbocycles. The van der Waals surface area contributed by atoms with Crippen molar-refractivity contribution < 1.29 is 0 Å². The lowest BCUT2D eigenvalue weighted by atomic mass is 9.58. The summed E-state index contributed by atoms with van der Waals surface area (Å²) >= 11 is 0. The van der Waals surface area contributed by atoms with E-state index in [1.54, 1.807) is 0 Å². The molecule has 2 rings (SSSR count). The van der Waals surface area contributed by atoms with Crippen LogP contribution in [0.15, 0.2) is 0 Å². The second-order valence-electron chi connectivity index (χ2n) is 8.74. The standard InChI is InChI=1S/C17H35P3/c1-14(2)9-5-7-11-16(14,19)13(18)17(20)12-8-6-10-15(17,3)4/h13H,5-12,18-20H2,1-4H3. The summed E-state index contributed by atoms with van der Waals surface area (Å²) in [5.41, 5.74) is 1.52. The first-order chi connectivity index (χ1) is 9.07. The van der Waals surface area contributed by atoms with Crippen molar-refractivity contribution in [2.75, 3.05) is 0 Å². The second kappa shape index (κ2) is 5.73. The molecule has 5 atom stereocenters. The van der Waals surface area contributed by atoms with Crippen LogP contribution in [0.25, 0.3) is 0 Å². The molecule has 0 aromatic rings. The van der Waals surface area contributed by atoms with Crippen molar-refractivity contribution in [3.05, 3.63) is 0 Å². The molecule has 2 saturated carbocycles. The zero-order valence-electron chi connectivity index (χ0n) is 14.0. The molecule has 0 saturated heterocycles. The molecule has 0 bridgehead atoms. The third-order valence-corrected chi connectivity index (χ3v) is 11.7. The number of hydrogen-bond donors (Lipinski definition) is 0. The van der Waals surface area contributed by atoms with Crippen LogP contribution in [0.5, 0.6) is 0 Å². The summed E-state index contributed by atoms with van der Waals surface area (Å²) in [6, 6.07) is 0. The maximum absolute atomic E-state index is 3.33. The average molecular weight is 332 g/mol. The van der Waals surface area contributed by atoms with Gasteiger partial charge >= 0.3 is 0 Å². The molecular formula is C17H35P3. The Hall–Kier alpha value is 1.29. The van der Waals surface area contributed by atoms with Gasteiger partial charge in [-0.2, -0.15) is 0 Å².